The molecule has 34 heavy (non-hydrogen) atoms. The van der Waals surface area contributed by atoms with Gasteiger partial charge in [0, 0.05) is 26.6 Å². The van der Waals surface area contributed by atoms with Crippen LogP contribution in [0.4, 0.5) is 15.2 Å². The number of aryl methyl sites for hydroxylation is 1. The zero-order chi connectivity index (χ0) is 24.1. The minimum absolute atomic E-state index is 0.154. The van der Waals surface area contributed by atoms with Crippen LogP contribution in [-0.4, -0.2) is 22.0 Å². The first-order valence-corrected chi connectivity index (χ1v) is 12.3. The van der Waals surface area contributed by atoms with Crippen molar-refractivity contribution >= 4 is 45.7 Å². The average molecular weight is 492 g/mol. The number of nitrogens with one attached hydrogen (secondary N) is 2. The summed E-state index contributed by atoms with van der Waals surface area (Å²) in [5.41, 5.74) is 2.83. The summed E-state index contributed by atoms with van der Waals surface area (Å²) in [5.74, 6) is -0.883. The first kappa shape index (κ1) is 23.7. The molecular weight excluding hydrogens is 469 g/mol. The Bertz CT molecular complexity index is 1310. The van der Waals surface area contributed by atoms with E-state index in [0.717, 1.165) is 21.0 Å². The number of nitrogens with zero attached hydrogens (tertiary/aromatic N) is 1. The number of thioether (sulfide) groups is 1. The fourth-order valence-corrected chi connectivity index (χ4v) is 5.00. The van der Waals surface area contributed by atoms with E-state index in [1.807, 2.05) is 56.3 Å². The number of thiazole rings is 1. The van der Waals surface area contributed by atoms with Crippen molar-refractivity contribution in [2.24, 2.45) is 0 Å². The van der Waals surface area contributed by atoms with E-state index in [9.17, 15) is 14.0 Å². The molecule has 4 aromatic rings. The maximum Gasteiger partial charge on any atom is 0.255 e. The Labute approximate surface area is 205 Å². The van der Waals surface area contributed by atoms with Crippen LogP contribution in [0.25, 0.3) is 11.3 Å². The van der Waals surface area contributed by atoms with Gasteiger partial charge in [-0.3, -0.25) is 9.59 Å². The van der Waals surface area contributed by atoms with Crippen LogP contribution in [0.15, 0.2) is 83.8 Å². The first-order valence-electron chi connectivity index (χ1n) is 10.6. The zero-order valence-electron chi connectivity index (χ0n) is 18.5. The SMILES string of the molecule is Cc1sc(NC(=O)C(C)Sc2cccc(NC(=O)c3ccc(F)cc3)c2)nc1-c1ccccc1. The van der Waals surface area contributed by atoms with E-state index < -0.39 is 5.82 Å². The van der Waals surface area contributed by atoms with Gasteiger partial charge in [0.25, 0.3) is 5.91 Å². The highest BCUT2D eigenvalue weighted by molar-refractivity contribution is 8.00. The highest BCUT2D eigenvalue weighted by Crippen LogP contribution is 2.31. The molecule has 0 aliphatic heterocycles. The van der Waals surface area contributed by atoms with Gasteiger partial charge in [-0.2, -0.15) is 0 Å². The maximum atomic E-state index is 13.1. The Morgan fingerprint density at radius 2 is 1.71 bits per heavy atom. The number of rotatable bonds is 7. The molecular formula is C26H22FN3O2S2. The van der Waals surface area contributed by atoms with Gasteiger partial charge in [-0.1, -0.05) is 36.4 Å². The molecule has 0 aliphatic carbocycles. The van der Waals surface area contributed by atoms with Gasteiger partial charge in [-0.25, -0.2) is 9.37 Å². The summed E-state index contributed by atoms with van der Waals surface area (Å²) >= 11 is 2.83. The molecule has 8 heteroatoms. The lowest BCUT2D eigenvalue weighted by Gasteiger charge is -2.12. The van der Waals surface area contributed by atoms with E-state index in [2.05, 4.69) is 15.6 Å². The van der Waals surface area contributed by atoms with E-state index in [4.69, 9.17) is 0 Å². The van der Waals surface area contributed by atoms with Gasteiger partial charge < -0.3 is 10.6 Å². The second-order valence-corrected chi connectivity index (χ2v) is 10.1. The van der Waals surface area contributed by atoms with E-state index in [0.29, 0.717) is 16.4 Å². The smallest absolute Gasteiger partial charge is 0.255 e. The van der Waals surface area contributed by atoms with Crippen molar-refractivity contribution in [1.82, 2.24) is 4.98 Å². The number of halogens is 1. The predicted molar refractivity (Wildman–Crippen MR) is 137 cm³/mol. The normalized spacial score (nSPS) is 11.6. The lowest BCUT2D eigenvalue weighted by atomic mass is 10.1. The summed E-state index contributed by atoms with van der Waals surface area (Å²) in [6, 6.07) is 22.5. The molecule has 172 valence electrons. The van der Waals surface area contributed by atoms with Crippen molar-refractivity contribution in [1.29, 1.82) is 0 Å². The highest BCUT2D eigenvalue weighted by atomic mass is 32.2. The number of amides is 2. The Hall–Kier alpha value is -3.49. The standard InChI is InChI=1S/C26H22FN3O2S2/c1-16-23(18-7-4-3-5-8-18)29-26(34-16)30-24(31)17(2)33-22-10-6-9-21(15-22)28-25(32)19-11-13-20(27)14-12-19/h3-15,17H,1-2H3,(H,28,32)(H,29,30,31). The van der Waals surface area contributed by atoms with Crippen LogP contribution in [0.2, 0.25) is 0 Å². The van der Waals surface area contributed by atoms with Crippen molar-refractivity contribution < 1.29 is 14.0 Å². The first-order chi connectivity index (χ1) is 16.4. The molecule has 5 nitrogen and oxygen atoms in total. The molecule has 2 amide bonds. The Morgan fingerprint density at radius 1 is 0.971 bits per heavy atom. The van der Waals surface area contributed by atoms with Gasteiger partial charge in [-0.15, -0.1) is 23.1 Å². The van der Waals surface area contributed by atoms with Gasteiger partial charge >= 0.3 is 0 Å². The Kier molecular flexibility index (Phi) is 7.40. The molecule has 1 aromatic heterocycles. The highest BCUT2D eigenvalue weighted by Gasteiger charge is 2.18. The fourth-order valence-electron chi connectivity index (χ4n) is 3.23. The quantitative estimate of drug-likeness (QED) is 0.285. The monoisotopic (exact) mass is 491 g/mol. The van der Waals surface area contributed by atoms with Crippen molar-refractivity contribution in [3.63, 3.8) is 0 Å². The third-order valence-corrected chi connectivity index (χ3v) is 6.93. The molecule has 1 unspecified atom stereocenters. The zero-order valence-corrected chi connectivity index (χ0v) is 20.2. The molecule has 0 saturated heterocycles. The van der Waals surface area contributed by atoms with Gasteiger partial charge in [-0.05, 0) is 56.3 Å². The third kappa shape index (κ3) is 5.89. The molecule has 0 radical (unpaired) electrons. The Balaban J connectivity index is 1.38. The number of benzene rings is 3. The number of anilines is 2. The lowest BCUT2D eigenvalue weighted by Crippen LogP contribution is -2.22. The largest absolute Gasteiger partial charge is 0.322 e. The molecule has 2 N–H and O–H groups in total. The van der Waals surface area contributed by atoms with Crippen molar-refractivity contribution in [3.05, 3.63) is 95.1 Å². The molecule has 0 bridgehead atoms. The van der Waals surface area contributed by atoms with E-state index in [1.54, 1.807) is 12.1 Å². The van der Waals surface area contributed by atoms with Crippen molar-refractivity contribution in [2.75, 3.05) is 10.6 Å². The summed E-state index contributed by atoms with van der Waals surface area (Å²) in [7, 11) is 0. The fraction of sp³-hybridized carbons (Fsp3) is 0.115. The van der Waals surface area contributed by atoms with Crippen LogP contribution in [0.5, 0.6) is 0 Å². The summed E-state index contributed by atoms with van der Waals surface area (Å²) in [6.45, 7) is 3.81. The molecule has 0 spiro atoms. The molecule has 0 saturated carbocycles. The maximum absolute atomic E-state index is 13.1. The van der Waals surface area contributed by atoms with Crippen LogP contribution in [0.1, 0.15) is 22.2 Å². The molecule has 1 heterocycles. The molecule has 0 aliphatic rings. The van der Waals surface area contributed by atoms with Gasteiger partial charge in [0.05, 0.1) is 10.9 Å². The van der Waals surface area contributed by atoms with Crippen LogP contribution < -0.4 is 10.6 Å². The number of hydrogen-bond donors (Lipinski definition) is 2. The number of hydrogen-bond acceptors (Lipinski definition) is 5. The topological polar surface area (TPSA) is 71.1 Å². The van der Waals surface area contributed by atoms with Crippen LogP contribution in [0.3, 0.4) is 0 Å². The lowest BCUT2D eigenvalue weighted by molar-refractivity contribution is -0.115. The number of aromatic nitrogens is 1. The predicted octanol–water partition coefficient (Wildman–Crippen LogP) is 6.63. The van der Waals surface area contributed by atoms with Crippen LogP contribution >= 0.6 is 23.1 Å². The van der Waals surface area contributed by atoms with Crippen molar-refractivity contribution in [2.45, 2.75) is 24.0 Å². The number of carbonyl (C=O) groups is 2. The minimum atomic E-state index is -0.397. The number of carbonyl (C=O) groups excluding carboxylic acids is 2. The van der Waals surface area contributed by atoms with Gasteiger partial charge in [0.1, 0.15) is 5.82 Å². The van der Waals surface area contributed by atoms with Crippen LogP contribution in [0, 0.1) is 12.7 Å². The summed E-state index contributed by atoms with van der Waals surface area (Å²) < 4.78 is 13.1. The third-order valence-electron chi connectivity index (χ3n) is 4.95. The average Bonchev–Trinajstić information content (AvgIpc) is 3.20. The van der Waals surface area contributed by atoms with E-state index in [-0.39, 0.29) is 17.1 Å². The molecule has 4 rings (SSSR count). The van der Waals surface area contributed by atoms with Gasteiger partial charge in [0.15, 0.2) is 5.13 Å². The second kappa shape index (κ2) is 10.6. The molecule has 1 atom stereocenters. The summed E-state index contributed by atoms with van der Waals surface area (Å²) in [5, 5.41) is 5.90. The Morgan fingerprint density at radius 3 is 2.44 bits per heavy atom. The van der Waals surface area contributed by atoms with E-state index in [1.165, 1.54) is 47.4 Å². The summed E-state index contributed by atoms with van der Waals surface area (Å²) in [4.78, 5) is 31.6. The minimum Gasteiger partial charge on any atom is -0.322 e. The summed E-state index contributed by atoms with van der Waals surface area (Å²) in [6.07, 6.45) is 0. The molecule has 3 aromatic carbocycles. The molecule has 0 fully saturated rings. The van der Waals surface area contributed by atoms with Crippen LogP contribution in [-0.2, 0) is 4.79 Å². The van der Waals surface area contributed by atoms with E-state index >= 15 is 0 Å². The second-order valence-electron chi connectivity index (χ2n) is 7.53. The van der Waals surface area contributed by atoms with Crippen molar-refractivity contribution in [3.8, 4) is 11.3 Å². The van der Waals surface area contributed by atoms with Gasteiger partial charge in [0.2, 0.25) is 5.91 Å².